The third-order valence-electron chi connectivity index (χ3n) is 4.31. The summed E-state index contributed by atoms with van der Waals surface area (Å²) in [5, 5.41) is 9.79. The standard InChI is InChI=1S/C21H18FN3OS/c1-14-19(11-15-6-5-9-18(22)10-15)20(26)25(2)21(24-14)27-13-17-8-4-3-7-16(17)12-23/h3-10H,11,13H2,1-2H3. The number of aromatic nitrogens is 2. The van der Waals surface area contributed by atoms with Gasteiger partial charge in [0.05, 0.1) is 11.6 Å². The van der Waals surface area contributed by atoms with E-state index >= 15 is 0 Å². The lowest BCUT2D eigenvalue weighted by Crippen LogP contribution is -2.25. The van der Waals surface area contributed by atoms with E-state index in [2.05, 4.69) is 11.1 Å². The largest absolute Gasteiger partial charge is 0.291 e. The second-order valence-corrected chi connectivity index (χ2v) is 7.13. The van der Waals surface area contributed by atoms with Crippen LogP contribution in [0.4, 0.5) is 4.39 Å². The molecule has 4 nitrogen and oxygen atoms in total. The third kappa shape index (κ3) is 4.26. The molecule has 3 rings (SSSR count). The molecule has 0 saturated heterocycles. The van der Waals surface area contributed by atoms with Crippen molar-refractivity contribution in [3.63, 3.8) is 0 Å². The third-order valence-corrected chi connectivity index (χ3v) is 5.39. The van der Waals surface area contributed by atoms with Gasteiger partial charge in [-0.05, 0) is 36.2 Å². The van der Waals surface area contributed by atoms with Crippen LogP contribution in [0.2, 0.25) is 0 Å². The highest BCUT2D eigenvalue weighted by molar-refractivity contribution is 7.98. The molecule has 0 unspecified atom stereocenters. The van der Waals surface area contributed by atoms with Gasteiger partial charge < -0.3 is 0 Å². The molecule has 0 saturated carbocycles. The molecule has 0 aliphatic carbocycles. The Kier molecular flexibility index (Phi) is 5.72. The maximum Gasteiger partial charge on any atom is 0.257 e. The quantitative estimate of drug-likeness (QED) is 0.497. The molecule has 0 atom stereocenters. The van der Waals surface area contributed by atoms with Gasteiger partial charge in [0.15, 0.2) is 5.16 Å². The Morgan fingerprint density at radius 2 is 2.00 bits per heavy atom. The van der Waals surface area contributed by atoms with Crippen molar-refractivity contribution in [3.8, 4) is 6.07 Å². The Bertz CT molecular complexity index is 1090. The highest BCUT2D eigenvalue weighted by Gasteiger charge is 2.14. The number of hydrogen-bond acceptors (Lipinski definition) is 4. The number of rotatable bonds is 5. The lowest BCUT2D eigenvalue weighted by Gasteiger charge is -2.12. The van der Waals surface area contributed by atoms with Gasteiger partial charge in [-0.15, -0.1) is 0 Å². The van der Waals surface area contributed by atoms with Gasteiger partial charge in [0.1, 0.15) is 5.82 Å². The smallest absolute Gasteiger partial charge is 0.257 e. The molecular weight excluding hydrogens is 361 g/mol. The summed E-state index contributed by atoms with van der Waals surface area (Å²) < 4.78 is 14.9. The zero-order valence-electron chi connectivity index (χ0n) is 15.1. The molecule has 0 amide bonds. The van der Waals surface area contributed by atoms with E-state index in [4.69, 9.17) is 0 Å². The predicted octanol–water partition coefficient (Wildman–Crippen LogP) is 3.98. The van der Waals surface area contributed by atoms with E-state index in [1.54, 1.807) is 32.2 Å². The van der Waals surface area contributed by atoms with Crippen molar-refractivity contribution in [2.45, 2.75) is 24.3 Å². The van der Waals surface area contributed by atoms with E-state index in [9.17, 15) is 14.4 Å². The van der Waals surface area contributed by atoms with Crippen LogP contribution in [-0.2, 0) is 19.2 Å². The van der Waals surface area contributed by atoms with Crippen molar-refractivity contribution < 1.29 is 4.39 Å². The predicted molar refractivity (Wildman–Crippen MR) is 104 cm³/mol. The fourth-order valence-corrected chi connectivity index (χ4v) is 3.83. The van der Waals surface area contributed by atoms with Crippen LogP contribution >= 0.6 is 11.8 Å². The lowest BCUT2D eigenvalue weighted by atomic mass is 10.1. The summed E-state index contributed by atoms with van der Waals surface area (Å²) in [4.78, 5) is 17.4. The number of nitriles is 1. The molecule has 3 aromatic rings. The number of hydrogen-bond donors (Lipinski definition) is 0. The molecule has 0 aliphatic rings. The van der Waals surface area contributed by atoms with Crippen LogP contribution in [0.5, 0.6) is 0 Å². The molecular formula is C21H18FN3OS. The number of thioether (sulfide) groups is 1. The van der Waals surface area contributed by atoms with Crippen molar-refractivity contribution in [1.82, 2.24) is 9.55 Å². The molecule has 1 aromatic heterocycles. The molecule has 0 spiro atoms. The second kappa shape index (κ2) is 8.19. The molecule has 0 fully saturated rings. The Morgan fingerprint density at radius 1 is 1.22 bits per heavy atom. The normalized spacial score (nSPS) is 10.6. The molecule has 136 valence electrons. The summed E-state index contributed by atoms with van der Waals surface area (Å²) in [6.07, 6.45) is 0.339. The molecule has 1 heterocycles. The fourth-order valence-electron chi connectivity index (χ4n) is 2.81. The Morgan fingerprint density at radius 3 is 2.74 bits per heavy atom. The first-order valence-corrected chi connectivity index (χ1v) is 9.40. The molecule has 0 radical (unpaired) electrons. The Balaban J connectivity index is 1.87. The van der Waals surface area contributed by atoms with E-state index in [0.29, 0.717) is 34.2 Å². The summed E-state index contributed by atoms with van der Waals surface area (Å²) in [5.41, 5.74) is 3.32. The van der Waals surface area contributed by atoms with Gasteiger partial charge in [0.2, 0.25) is 0 Å². The monoisotopic (exact) mass is 379 g/mol. The van der Waals surface area contributed by atoms with Crippen LogP contribution in [0, 0.1) is 24.1 Å². The van der Waals surface area contributed by atoms with E-state index in [1.807, 2.05) is 18.2 Å². The first-order valence-electron chi connectivity index (χ1n) is 8.41. The first kappa shape index (κ1) is 18.9. The summed E-state index contributed by atoms with van der Waals surface area (Å²) >= 11 is 1.42. The van der Waals surface area contributed by atoms with E-state index in [1.165, 1.54) is 28.5 Å². The van der Waals surface area contributed by atoms with Gasteiger partial charge in [0.25, 0.3) is 5.56 Å². The van der Waals surface area contributed by atoms with E-state index in [0.717, 1.165) is 11.1 Å². The second-order valence-electron chi connectivity index (χ2n) is 6.19. The van der Waals surface area contributed by atoms with Crippen LogP contribution in [0.25, 0.3) is 0 Å². The topological polar surface area (TPSA) is 58.7 Å². The minimum absolute atomic E-state index is 0.136. The highest BCUT2D eigenvalue weighted by atomic mass is 32.2. The minimum Gasteiger partial charge on any atom is -0.291 e. The lowest BCUT2D eigenvalue weighted by molar-refractivity contribution is 0.625. The van der Waals surface area contributed by atoms with Crippen LogP contribution < -0.4 is 5.56 Å². The van der Waals surface area contributed by atoms with Gasteiger partial charge in [-0.25, -0.2) is 9.37 Å². The number of nitrogens with zero attached hydrogens (tertiary/aromatic N) is 3. The minimum atomic E-state index is -0.321. The highest BCUT2D eigenvalue weighted by Crippen LogP contribution is 2.23. The molecule has 0 N–H and O–H groups in total. The van der Waals surface area contributed by atoms with Crippen molar-refractivity contribution in [2.24, 2.45) is 7.05 Å². The molecule has 0 bridgehead atoms. The summed E-state index contributed by atoms with van der Waals surface area (Å²) in [6.45, 7) is 1.79. The number of aryl methyl sites for hydroxylation is 1. The number of benzene rings is 2. The van der Waals surface area contributed by atoms with Gasteiger partial charge in [-0.1, -0.05) is 42.1 Å². The van der Waals surface area contributed by atoms with Crippen LogP contribution in [-0.4, -0.2) is 9.55 Å². The Labute approximate surface area is 161 Å². The van der Waals surface area contributed by atoms with Crippen LogP contribution in [0.1, 0.15) is 27.9 Å². The zero-order valence-corrected chi connectivity index (χ0v) is 15.9. The van der Waals surface area contributed by atoms with E-state index < -0.39 is 0 Å². The van der Waals surface area contributed by atoms with Crippen molar-refractivity contribution in [1.29, 1.82) is 5.26 Å². The molecule has 0 aliphatic heterocycles. The molecule has 27 heavy (non-hydrogen) atoms. The first-order chi connectivity index (χ1) is 13.0. The number of halogens is 1. The van der Waals surface area contributed by atoms with Crippen LogP contribution in [0.3, 0.4) is 0 Å². The van der Waals surface area contributed by atoms with Gasteiger partial charge >= 0.3 is 0 Å². The summed E-state index contributed by atoms with van der Waals surface area (Å²) in [7, 11) is 1.68. The van der Waals surface area contributed by atoms with Gasteiger partial charge in [-0.3, -0.25) is 9.36 Å². The average molecular weight is 379 g/mol. The zero-order chi connectivity index (χ0) is 19.4. The summed E-state index contributed by atoms with van der Waals surface area (Å²) in [6, 6.07) is 15.8. The van der Waals surface area contributed by atoms with Gasteiger partial charge in [0, 0.05) is 30.5 Å². The van der Waals surface area contributed by atoms with Gasteiger partial charge in [-0.2, -0.15) is 5.26 Å². The van der Waals surface area contributed by atoms with Crippen LogP contribution in [0.15, 0.2) is 58.5 Å². The molecule has 2 aromatic carbocycles. The Hall–Kier alpha value is -2.91. The molecule has 6 heteroatoms. The van der Waals surface area contributed by atoms with Crippen molar-refractivity contribution in [2.75, 3.05) is 0 Å². The SMILES string of the molecule is Cc1nc(SCc2ccccc2C#N)n(C)c(=O)c1Cc1cccc(F)c1. The van der Waals surface area contributed by atoms with Crippen molar-refractivity contribution in [3.05, 3.63) is 92.6 Å². The maximum absolute atomic E-state index is 13.4. The average Bonchev–Trinajstić information content (AvgIpc) is 2.67. The van der Waals surface area contributed by atoms with Crippen molar-refractivity contribution >= 4 is 11.8 Å². The fraction of sp³-hybridized carbons (Fsp3) is 0.190. The van der Waals surface area contributed by atoms with E-state index in [-0.39, 0.29) is 11.4 Å². The maximum atomic E-state index is 13.4. The summed E-state index contributed by atoms with van der Waals surface area (Å²) in [5.74, 6) is 0.227.